The van der Waals surface area contributed by atoms with Gasteiger partial charge in [0, 0.05) is 37.3 Å². The summed E-state index contributed by atoms with van der Waals surface area (Å²) in [6.45, 7) is 3.81. The summed E-state index contributed by atoms with van der Waals surface area (Å²) in [6, 6.07) is 4.84. The van der Waals surface area contributed by atoms with Gasteiger partial charge in [-0.2, -0.15) is 0 Å². The molecule has 2 N–H and O–H groups in total. The van der Waals surface area contributed by atoms with Gasteiger partial charge in [0.2, 0.25) is 0 Å². The molecule has 7 heteroatoms. The molecule has 0 aliphatic carbocycles. The predicted molar refractivity (Wildman–Crippen MR) is 80.8 cm³/mol. The second-order valence-electron chi connectivity index (χ2n) is 5.04. The third-order valence-electron chi connectivity index (χ3n) is 3.71. The van der Waals surface area contributed by atoms with Gasteiger partial charge in [-0.1, -0.05) is 0 Å². The molecule has 1 unspecified atom stereocenters. The zero-order chi connectivity index (χ0) is 15.4. The molecule has 1 atom stereocenters. The zero-order valence-corrected chi connectivity index (χ0v) is 12.3. The summed E-state index contributed by atoms with van der Waals surface area (Å²) in [5.74, 6) is -0.210. The topological polar surface area (TPSA) is 87.5 Å². The summed E-state index contributed by atoms with van der Waals surface area (Å²) in [4.78, 5) is 24.7. The van der Waals surface area contributed by atoms with Gasteiger partial charge < -0.3 is 15.5 Å². The van der Waals surface area contributed by atoms with E-state index in [2.05, 4.69) is 10.6 Å². The van der Waals surface area contributed by atoms with Crippen LogP contribution in [0.15, 0.2) is 18.2 Å². The number of likely N-dealkylation sites (N-methyl/N-ethyl adjacent to an activating group) is 1. The molecule has 1 amide bonds. The van der Waals surface area contributed by atoms with Crippen LogP contribution in [0.25, 0.3) is 0 Å². The van der Waals surface area contributed by atoms with Crippen LogP contribution in [0.5, 0.6) is 0 Å². The highest BCUT2D eigenvalue weighted by Crippen LogP contribution is 2.31. The van der Waals surface area contributed by atoms with Crippen LogP contribution < -0.4 is 15.5 Å². The first-order valence-electron chi connectivity index (χ1n) is 7.05. The summed E-state index contributed by atoms with van der Waals surface area (Å²) in [6.07, 6.45) is 0.930. The lowest BCUT2D eigenvalue weighted by atomic mass is 10.1. The summed E-state index contributed by atoms with van der Waals surface area (Å²) in [5, 5.41) is 17.1. The number of benzene rings is 1. The summed E-state index contributed by atoms with van der Waals surface area (Å²) >= 11 is 0. The zero-order valence-electron chi connectivity index (χ0n) is 12.3. The lowest BCUT2D eigenvalue weighted by molar-refractivity contribution is -0.384. The molecule has 1 saturated heterocycles. The first-order valence-corrected chi connectivity index (χ1v) is 7.05. The smallest absolute Gasteiger partial charge is 0.292 e. The molecule has 1 fully saturated rings. The summed E-state index contributed by atoms with van der Waals surface area (Å²) in [7, 11) is 1.88. The standard InChI is InChI=1S/C14H20N4O3/c1-3-16-14(19)10-4-5-12(18(20)21)13(8-10)17-7-6-11(9-17)15-2/h4-5,8,11,15H,3,6-7,9H2,1-2H3,(H,16,19). The van der Waals surface area contributed by atoms with Gasteiger partial charge in [-0.05, 0) is 32.5 Å². The van der Waals surface area contributed by atoms with Gasteiger partial charge >= 0.3 is 0 Å². The normalized spacial score (nSPS) is 17.8. The van der Waals surface area contributed by atoms with Crippen LogP contribution >= 0.6 is 0 Å². The molecular formula is C14H20N4O3. The molecule has 114 valence electrons. The quantitative estimate of drug-likeness (QED) is 0.628. The molecule has 2 rings (SSSR count). The lowest BCUT2D eigenvalue weighted by Crippen LogP contribution is -2.30. The second-order valence-corrected chi connectivity index (χ2v) is 5.04. The predicted octanol–water partition coefficient (Wildman–Crippen LogP) is 1.14. The SMILES string of the molecule is CCNC(=O)c1ccc([N+](=O)[O-])c(N2CCC(NC)C2)c1. The number of carbonyl (C=O) groups excluding carboxylic acids is 1. The average Bonchev–Trinajstić information content (AvgIpc) is 2.95. The van der Waals surface area contributed by atoms with Crippen LogP contribution in [0.2, 0.25) is 0 Å². The average molecular weight is 292 g/mol. The fourth-order valence-corrected chi connectivity index (χ4v) is 2.55. The van der Waals surface area contributed by atoms with Gasteiger partial charge in [-0.25, -0.2) is 0 Å². The molecule has 1 aromatic rings. The van der Waals surface area contributed by atoms with E-state index in [1.165, 1.54) is 12.1 Å². The van der Waals surface area contributed by atoms with Gasteiger partial charge in [-0.3, -0.25) is 14.9 Å². The van der Waals surface area contributed by atoms with E-state index in [9.17, 15) is 14.9 Å². The van der Waals surface area contributed by atoms with Gasteiger partial charge in [-0.15, -0.1) is 0 Å². The number of hydrogen-bond acceptors (Lipinski definition) is 5. The number of carbonyl (C=O) groups is 1. The molecule has 0 radical (unpaired) electrons. The number of anilines is 1. The highest BCUT2D eigenvalue weighted by Gasteiger charge is 2.27. The van der Waals surface area contributed by atoms with Crippen molar-refractivity contribution in [2.75, 3.05) is 31.6 Å². The Bertz CT molecular complexity index is 547. The van der Waals surface area contributed by atoms with E-state index in [1.807, 2.05) is 18.9 Å². The Labute approximate surface area is 123 Å². The van der Waals surface area contributed by atoms with E-state index in [4.69, 9.17) is 0 Å². The molecule has 0 aromatic heterocycles. The number of nitrogens with zero attached hydrogens (tertiary/aromatic N) is 2. The fourth-order valence-electron chi connectivity index (χ4n) is 2.55. The Morgan fingerprint density at radius 1 is 1.52 bits per heavy atom. The first kappa shape index (κ1) is 15.2. The minimum atomic E-state index is -0.399. The number of nitrogens with one attached hydrogen (secondary N) is 2. The van der Waals surface area contributed by atoms with Crippen molar-refractivity contribution < 1.29 is 9.72 Å². The van der Waals surface area contributed by atoms with Crippen molar-refractivity contribution in [3.05, 3.63) is 33.9 Å². The van der Waals surface area contributed by atoms with Gasteiger partial charge in [0.1, 0.15) is 5.69 Å². The highest BCUT2D eigenvalue weighted by molar-refractivity contribution is 5.96. The van der Waals surface area contributed by atoms with E-state index < -0.39 is 4.92 Å². The Hall–Kier alpha value is -2.15. The van der Waals surface area contributed by atoms with Crippen molar-refractivity contribution in [1.29, 1.82) is 0 Å². The van der Waals surface area contributed by atoms with Crippen molar-refractivity contribution in [2.45, 2.75) is 19.4 Å². The first-order chi connectivity index (χ1) is 10.1. The van der Waals surface area contributed by atoms with Crippen LogP contribution in [0.4, 0.5) is 11.4 Å². The van der Waals surface area contributed by atoms with Crippen LogP contribution in [-0.2, 0) is 0 Å². The molecular weight excluding hydrogens is 272 g/mol. The number of hydrogen-bond donors (Lipinski definition) is 2. The number of rotatable bonds is 5. The molecule has 1 aliphatic rings. The lowest BCUT2D eigenvalue weighted by Gasteiger charge is -2.19. The Morgan fingerprint density at radius 3 is 2.86 bits per heavy atom. The van der Waals surface area contributed by atoms with Crippen molar-refractivity contribution in [2.24, 2.45) is 0 Å². The fraction of sp³-hybridized carbons (Fsp3) is 0.500. The molecule has 21 heavy (non-hydrogen) atoms. The molecule has 1 heterocycles. The van der Waals surface area contributed by atoms with Crippen molar-refractivity contribution >= 4 is 17.3 Å². The monoisotopic (exact) mass is 292 g/mol. The minimum absolute atomic E-state index is 0.0415. The number of amides is 1. The van der Waals surface area contributed by atoms with E-state index in [-0.39, 0.29) is 11.6 Å². The third-order valence-corrected chi connectivity index (χ3v) is 3.71. The molecule has 7 nitrogen and oxygen atoms in total. The maximum atomic E-state index is 11.9. The van der Waals surface area contributed by atoms with Crippen LogP contribution in [0, 0.1) is 10.1 Å². The second kappa shape index (κ2) is 6.53. The number of nitro benzene ring substituents is 1. The Kier molecular flexibility index (Phi) is 4.74. The van der Waals surface area contributed by atoms with E-state index in [0.717, 1.165) is 13.0 Å². The van der Waals surface area contributed by atoms with Crippen molar-refractivity contribution in [1.82, 2.24) is 10.6 Å². The molecule has 0 saturated carbocycles. The van der Waals surface area contributed by atoms with Gasteiger partial charge in [0.15, 0.2) is 0 Å². The van der Waals surface area contributed by atoms with Gasteiger partial charge in [0.25, 0.3) is 11.6 Å². The minimum Gasteiger partial charge on any atom is -0.364 e. The maximum Gasteiger partial charge on any atom is 0.292 e. The molecule has 0 bridgehead atoms. The highest BCUT2D eigenvalue weighted by atomic mass is 16.6. The molecule has 1 aromatic carbocycles. The van der Waals surface area contributed by atoms with Crippen LogP contribution in [0.3, 0.4) is 0 Å². The van der Waals surface area contributed by atoms with E-state index in [0.29, 0.717) is 30.4 Å². The van der Waals surface area contributed by atoms with Crippen molar-refractivity contribution in [3.63, 3.8) is 0 Å². The number of nitro groups is 1. The Morgan fingerprint density at radius 2 is 2.29 bits per heavy atom. The van der Waals surface area contributed by atoms with Crippen LogP contribution in [-0.4, -0.2) is 43.6 Å². The molecule has 0 spiro atoms. The molecule has 1 aliphatic heterocycles. The maximum absolute atomic E-state index is 11.9. The van der Waals surface area contributed by atoms with Gasteiger partial charge in [0.05, 0.1) is 4.92 Å². The van der Waals surface area contributed by atoms with Crippen LogP contribution in [0.1, 0.15) is 23.7 Å². The summed E-state index contributed by atoms with van der Waals surface area (Å²) in [5.41, 5.74) is 1.01. The summed E-state index contributed by atoms with van der Waals surface area (Å²) < 4.78 is 0. The van der Waals surface area contributed by atoms with Crippen molar-refractivity contribution in [3.8, 4) is 0 Å². The largest absolute Gasteiger partial charge is 0.364 e. The van der Waals surface area contributed by atoms with E-state index in [1.54, 1.807) is 6.07 Å². The third kappa shape index (κ3) is 3.30. The Balaban J connectivity index is 2.34. The van der Waals surface area contributed by atoms with E-state index >= 15 is 0 Å².